The fourth-order valence-electron chi connectivity index (χ4n) is 3.34. The van der Waals surface area contributed by atoms with Crippen LogP contribution in [0, 0.1) is 0 Å². The monoisotopic (exact) mass is 328 g/mol. The van der Waals surface area contributed by atoms with Gasteiger partial charge in [0.2, 0.25) is 5.91 Å². The Labute approximate surface area is 139 Å². The lowest BCUT2D eigenvalue weighted by molar-refractivity contribution is -0.142. The number of carboxylic acids is 1. The molecule has 0 saturated carbocycles. The maximum absolute atomic E-state index is 12.1. The van der Waals surface area contributed by atoms with Crippen LogP contribution < -0.4 is 5.32 Å². The molecule has 1 aliphatic carbocycles. The number of carbonyl (C=O) groups is 2. The van der Waals surface area contributed by atoms with E-state index in [1.54, 1.807) is 6.07 Å². The highest BCUT2D eigenvalue weighted by Crippen LogP contribution is 2.34. The molecule has 3 rings (SSSR count). The number of hydrogen-bond donors (Lipinski definition) is 2. The number of rotatable bonds is 6. The highest BCUT2D eigenvalue weighted by atomic mass is 16.5. The molecule has 0 saturated heterocycles. The molecular formula is C18H20N2O4. The SMILES string of the molecule is O=C(Cc1ccon1)NC(CC1CCCc2ccccc21)C(=O)O. The number of benzene rings is 1. The van der Waals surface area contributed by atoms with Crippen molar-refractivity contribution in [3.8, 4) is 0 Å². The second-order valence-corrected chi connectivity index (χ2v) is 6.15. The minimum Gasteiger partial charge on any atom is -0.480 e. The van der Waals surface area contributed by atoms with Crippen LogP contribution in [0.4, 0.5) is 0 Å². The summed E-state index contributed by atoms with van der Waals surface area (Å²) in [6.07, 6.45) is 4.82. The first kappa shape index (κ1) is 16.2. The minimum absolute atomic E-state index is 0.0154. The van der Waals surface area contributed by atoms with Crippen LogP contribution in [-0.2, 0) is 22.4 Å². The highest BCUT2D eigenvalue weighted by molar-refractivity contribution is 5.84. The predicted octanol–water partition coefficient (Wildman–Crippen LogP) is 2.30. The molecule has 24 heavy (non-hydrogen) atoms. The molecule has 0 bridgehead atoms. The first-order valence-corrected chi connectivity index (χ1v) is 8.12. The molecule has 1 amide bonds. The van der Waals surface area contributed by atoms with Gasteiger partial charge in [0.15, 0.2) is 0 Å². The fraction of sp³-hybridized carbons (Fsp3) is 0.389. The van der Waals surface area contributed by atoms with Crippen LogP contribution in [-0.4, -0.2) is 28.2 Å². The molecule has 126 valence electrons. The van der Waals surface area contributed by atoms with E-state index >= 15 is 0 Å². The van der Waals surface area contributed by atoms with Crippen molar-refractivity contribution >= 4 is 11.9 Å². The van der Waals surface area contributed by atoms with Crippen molar-refractivity contribution in [2.24, 2.45) is 0 Å². The fourth-order valence-corrected chi connectivity index (χ4v) is 3.34. The Kier molecular flexibility index (Phi) is 4.93. The van der Waals surface area contributed by atoms with Crippen molar-refractivity contribution in [2.45, 2.75) is 44.1 Å². The van der Waals surface area contributed by atoms with Gasteiger partial charge in [-0.2, -0.15) is 0 Å². The highest BCUT2D eigenvalue weighted by Gasteiger charge is 2.28. The van der Waals surface area contributed by atoms with Gasteiger partial charge in [0.05, 0.1) is 12.1 Å². The molecular weight excluding hydrogens is 308 g/mol. The molecule has 0 spiro atoms. The van der Waals surface area contributed by atoms with Crippen molar-refractivity contribution in [3.05, 3.63) is 53.4 Å². The molecule has 0 fully saturated rings. The minimum atomic E-state index is -1.01. The van der Waals surface area contributed by atoms with E-state index in [1.807, 2.05) is 12.1 Å². The number of fused-ring (bicyclic) bond motifs is 1. The molecule has 2 aromatic rings. The first-order chi connectivity index (χ1) is 11.6. The molecule has 2 N–H and O–H groups in total. The third-order valence-electron chi connectivity index (χ3n) is 4.48. The van der Waals surface area contributed by atoms with Gasteiger partial charge in [-0.05, 0) is 42.7 Å². The van der Waals surface area contributed by atoms with Crippen LogP contribution in [0.15, 0.2) is 41.1 Å². The number of amides is 1. The Balaban J connectivity index is 1.66. The van der Waals surface area contributed by atoms with Crippen molar-refractivity contribution in [1.29, 1.82) is 0 Å². The zero-order valence-electron chi connectivity index (χ0n) is 13.3. The summed E-state index contributed by atoms with van der Waals surface area (Å²) in [5.41, 5.74) is 2.98. The Bertz CT molecular complexity index is 712. The summed E-state index contributed by atoms with van der Waals surface area (Å²) in [6, 6.07) is 8.84. The Morgan fingerprint density at radius 3 is 2.92 bits per heavy atom. The van der Waals surface area contributed by atoms with E-state index in [0.29, 0.717) is 12.1 Å². The van der Waals surface area contributed by atoms with Gasteiger partial charge in [-0.25, -0.2) is 4.79 Å². The van der Waals surface area contributed by atoms with Gasteiger partial charge in [-0.15, -0.1) is 0 Å². The van der Waals surface area contributed by atoms with Crippen molar-refractivity contribution in [3.63, 3.8) is 0 Å². The first-order valence-electron chi connectivity index (χ1n) is 8.12. The van der Waals surface area contributed by atoms with Gasteiger partial charge >= 0.3 is 5.97 Å². The Morgan fingerprint density at radius 2 is 2.17 bits per heavy atom. The summed E-state index contributed by atoms with van der Waals surface area (Å²) >= 11 is 0. The lowest BCUT2D eigenvalue weighted by Gasteiger charge is -2.28. The molecule has 1 aliphatic rings. The maximum atomic E-state index is 12.1. The van der Waals surface area contributed by atoms with Gasteiger partial charge in [0.25, 0.3) is 0 Å². The second kappa shape index (κ2) is 7.29. The van der Waals surface area contributed by atoms with E-state index < -0.39 is 12.0 Å². The molecule has 0 aliphatic heterocycles. The number of aryl methyl sites for hydroxylation is 1. The number of carbonyl (C=O) groups excluding carboxylic acids is 1. The summed E-state index contributed by atoms with van der Waals surface area (Å²) < 4.78 is 4.68. The zero-order chi connectivity index (χ0) is 16.9. The second-order valence-electron chi connectivity index (χ2n) is 6.15. The van der Waals surface area contributed by atoms with E-state index in [2.05, 4.69) is 27.1 Å². The van der Waals surface area contributed by atoms with Crippen molar-refractivity contribution in [2.75, 3.05) is 0 Å². The molecule has 2 atom stereocenters. The van der Waals surface area contributed by atoms with E-state index in [4.69, 9.17) is 0 Å². The van der Waals surface area contributed by atoms with Gasteiger partial charge in [-0.3, -0.25) is 4.79 Å². The number of aromatic nitrogens is 1. The van der Waals surface area contributed by atoms with E-state index in [-0.39, 0.29) is 18.2 Å². The van der Waals surface area contributed by atoms with Crippen molar-refractivity contribution in [1.82, 2.24) is 10.5 Å². The zero-order valence-corrected chi connectivity index (χ0v) is 13.3. The molecule has 2 unspecified atom stereocenters. The van der Waals surface area contributed by atoms with E-state index in [0.717, 1.165) is 19.3 Å². The van der Waals surface area contributed by atoms with Gasteiger partial charge in [0, 0.05) is 6.07 Å². The molecule has 0 radical (unpaired) electrons. The number of nitrogens with zero attached hydrogens (tertiary/aromatic N) is 1. The summed E-state index contributed by atoms with van der Waals surface area (Å²) in [5.74, 6) is -1.21. The topological polar surface area (TPSA) is 92.4 Å². The molecule has 6 nitrogen and oxygen atoms in total. The van der Waals surface area contributed by atoms with Crippen LogP contribution in [0.3, 0.4) is 0 Å². The maximum Gasteiger partial charge on any atom is 0.326 e. The molecule has 1 heterocycles. The quantitative estimate of drug-likeness (QED) is 0.849. The average Bonchev–Trinajstić information content (AvgIpc) is 3.07. The lowest BCUT2D eigenvalue weighted by Crippen LogP contribution is -2.42. The van der Waals surface area contributed by atoms with E-state index in [1.165, 1.54) is 17.4 Å². The van der Waals surface area contributed by atoms with Crippen LogP contribution in [0.1, 0.15) is 42.0 Å². The number of aliphatic carboxylic acids is 1. The summed E-state index contributed by atoms with van der Waals surface area (Å²) in [7, 11) is 0. The lowest BCUT2D eigenvalue weighted by atomic mass is 9.79. The van der Waals surface area contributed by atoms with Crippen LogP contribution in [0.2, 0.25) is 0 Å². The molecule has 1 aromatic carbocycles. The van der Waals surface area contributed by atoms with Gasteiger partial charge in [0.1, 0.15) is 12.3 Å². The Morgan fingerprint density at radius 1 is 1.33 bits per heavy atom. The number of hydrogen-bond acceptors (Lipinski definition) is 4. The molecule has 6 heteroatoms. The smallest absolute Gasteiger partial charge is 0.326 e. The largest absolute Gasteiger partial charge is 0.480 e. The summed E-state index contributed by atoms with van der Waals surface area (Å²) in [6.45, 7) is 0. The normalized spacial score (nSPS) is 17.8. The van der Waals surface area contributed by atoms with Gasteiger partial charge < -0.3 is 14.9 Å². The van der Waals surface area contributed by atoms with Gasteiger partial charge in [-0.1, -0.05) is 29.4 Å². The van der Waals surface area contributed by atoms with Crippen LogP contribution >= 0.6 is 0 Å². The standard InChI is InChI=1S/C18H20N2O4/c21-17(11-14-8-9-24-20-14)19-16(18(22)23)10-13-6-3-5-12-4-1-2-7-15(12)13/h1-2,4,7-9,13,16H,3,5-6,10-11H2,(H,19,21)(H,22,23). The third kappa shape index (κ3) is 3.82. The number of nitrogens with one attached hydrogen (secondary N) is 1. The van der Waals surface area contributed by atoms with Crippen molar-refractivity contribution < 1.29 is 19.2 Å². The molecule has 1 aromatic heterocycles. The summed E-state index contributed by atoms with van der Waals surface area (Å²) in [4.78, 5) is 23.6. The number of carboxylic acid groups (broad SMARTS) is 1. The third-order valence-corrected chi connectivity index (χ3v) is 4.48. The Hall–Kier alpha value is -2.63. The summed E-state index contributed by atoms with van der Waals surface area (Å²) in [5, 5.41) is 15.8. The van der Waals surface area contributed by atoms with E-state index in [9.17, 15) is 14.7 Å². The van der Waals surface area contributed by atoms with Crippen LogP contribution in [0.5, 0.6) is 0 Å². The van der Waals surface area contributed by atoms with Crippen LogP contribution in [0.25, 0.3) is 0 Å². The average molecular weight is 328 g/mol. The predicted molar refractivity (Wildman–Crippen MR) is 86.5 cm³/mol.